The largest absolute Gasteiger partial charge is 0.308 e. The third-order valence-electron chi connectivity index (χ3n) is 2.59. The van der Waals surface area contributed by atoms with Gasteiger partial charge in [-0.1, -0.05) is 12.1 Å². The van der Waals surface area contributed by atoms with Gasteiger partial charge < -0.3 is 5.32 Å². The molecule has 0 atom stereocenters. The number of rotatable bonds is 5. The van der Waals surface area contributed by atoms with Crippen molar-refractivity contribution in [2.75, 3.05) is 0 Å². The monoisotopic (exact) mass is 292 g/mol. The average Bonchev–Trinajstić information content (AvgIpc) is 2.87. The molecule has 0 aliphatic carbocycles. The molecule has 2 aromatic rings. The van der Waals surface area contributed by atoms with Crippen molar-refractivity contribution in [3.8, 4) is 0 Å². The number of hydrogen-bond acceptors (Lipinski definition) is 4. The lowest BCUT2D eigenvalue weighted by atomic mass is 10.1. The standard InChI is InChI=1S/C15H20N2S2/c1-15(2,3)17-10-12-4-6-13(7-5-12)19-11-14-16-8-9-18-14/h4-9,17H,10-11H2,1-3H3. The minimum atomic E-state index is 0.165. The SMILES string of the molecule is CC(C)(C)NCc1ccc(SCc2nccs2)cc1. The second-order valence-electron chi connectivity index (χ2n) is 5.46. The number of nitrogens with one attached hydrogen (secondary N) is 1. The molecular weight excluding hydrogens is 272 g/mol. The molecule has 19 heavy (non-hydrogen) atoms. The number of aromatic nitrogens is 1. The van der Waals surface area contributed by atoms with Crippen LogP contribution in [0.4, 0.5) is 0 Å². The van der Waals surface area contributed by atoms with Gasteiger partial charge in [0.15, 0.2) is 0 Å². The van der Waals surface area contributed by atoms with Crippen molar-refractivity contribution in [1.82, 2.24) is 10.3 Å². The highest BCUT2D eigenvalue weighted by Crippen LogP contribution is 2.24. The molecule has 0 aliphatic heterocycles. The first-order valence-electron chi connectivity index (χ1n) is 6.38. The van der Waals surface area contributed by atoms with E-state index in [1.807, 2.05) is 23.3 Å². The van der Waals surface area contributed by atoms with Crippen LogP contribution < -0.4 is 5.32 Å². The fourth-order valence-corrected chi connectivity index (χ4v) is 3.08. The first-order chi connectivity index (χ1) is 9.03. The van der Waals surface area contributed by atoms with Crippen molar-refractivity contribution in [2.45, 2.75) is 43.5 Å². The van der Waals surface area contributed by atoms with Crippen LogP contribution in [0.2, 0.25) is 0 Å². The summed E-state index contributed by atoms with van der Waals surface area (Å²) in [5.74, 6) is 0.956. The summed E-state index contributed by atoms with van der Waals surface area (Å²) >= 11 is 3.55. The van der Waals surface area contributed by atoms with Crippen LogP contribution in [0.1, 0.15) is 31.3 Å². The number of hydrogen-bond donors (Lipinski definition) is 1. The van der Waals surface area contributed by atoms with Gasteiger partial charge in [0, 0.05) is 28.6 Å². The van der Waals surface area contributed by atoms with Crippen LogP contribution in [0.3, 0.4) is 0 Å². The molecule has 4 heteroatoms. The molecule has 1 heterocycles. The summed E-state index contributed by atoms with van der Waals surface area (Å²) in [5, 5.41) is 6.71. The Balaban J connectivity index is 1.84. The molecule has 2 nitrogen and oxygen atoms in total. The van der Waals surface area contributed by atoms with Gasteiger partial charge in [0.05, 0.1) is 5.75 Å². The predicted octanol–water partition coefficient (Wildman–Crippen LogP) is 4.32. The maximum absolute atomic E-state index is 4.29. The molecule has 1 aromatic heterocycles. The zero-order valence-electron chi connectivity index (χ0n) is 11.6. The summed E-state index contributed by atoms with van der Waals surface area (Å²) in [7, 11) is 0. The topological polar surface area (TPSA) is 24.9 Å². The summed E-state index contributed by atoms with van der Waals surface area (Å²) in [6, 6.07) is 8.78. The van der Waals surface area contributed by atoms with Gasteiger partial charge in [0.25, 0.3) is 0 Å². The van der Waals surface area contributed by atoms with Crippen molar-refractivity contribution in [1.29, 1.82) is 0 Å². The zero-order valence-corrected chi connectivity index (χ0v) is 13.3. The highest BCUT2D eigenvalue weighted by Gasteiger charge is 2.08. The fourth-order valence-electron chi connectivity index (χ4n) is 1.54. The van der Waals surface area contributed by atoms with Gasteiger partial charge in [-0.2, -0.15) is 0 Å². The molecule has 0 bridgehead atoms. The van der Waals surface area contributed by atoms with E-state index in [-0.39, 0.29) is 5.54 Å². The summed E-state index contributed by atoms with van der Waals surface area (Å²) in [6.45, 7) is 7.47. The molecule has 1 N–H and O–H groups in total. The molecule has 2 rings (SSSR count). The molecule has 0 radical (unpaired) electrons. The first kappa shape index (κ1) is 14.6. The number of benzene rings is 1. The smallest absolute Gasteiger partial charge is 0.103 e. The third-order valence-corrected chi connectivity index (χ3v) is 4.58. The maximum Gasteiger partial charge on any atom is 0.103 e. The molecular formula is C15H20N2S2. The van der Waals surface area contributed by atoms with Crippen molar-refractivity contribution in [2.24, 2.45) is 0 Å². The van der Waals surface area contributed by atoms with Crippen molar-refractivity contribution in [3.05, 3.63) is 46.4 Å². The average molecular weight is 292 g/mol. The third kappa shape index (κ3) is 5.35. The fraction of sp³-hybridized carbons (Fsp3) is 0.400. The van der Waals surface area contributed by atoms with Crippen molar-refractivity contribution >= 4 is 23.1 Å². The molecule has 102 valence electrons. The molecule has 0 aliphatic rings. The van der Waals surface area contributed by atoms with E-state index in [0.29, 0.717) is 0 Å². The van der Waals surface area contributed by atoms with E-state index in [4.69, 9.17) is 0 Å². The van der Waals surface area contributed by atoms with Crippen LogP contribution >= 0.6 is 23.1 Å². The Kier molecular flexibility index (Phi) is 5.02. The Hall–Kier alpha value is -0.840. The number of thiazole rings is 1. The summed E-state index contributed by atoms with van der Waals surface area (Å²) < 4.78 is 0. The van der Waals surface area contributed by atoms with Gasteiger partial charge in [-0.25, -0.2) is 4.98 Å². The minimum absolute atomic E-state index is 0.165. The molecule has 1 aromatic carbocycles. The summed E-state index contributed by atoms with van der Waals surface area (Å²) in [6.07, 6.45) is 1.86. The van der Waals surface area contributed by atoms with Gasteiger partial charge in [0.2, 0.25) is 0 Å². The number of nitrogens with zero attached hydrogens (tertiary/aromatic N) is 1. The van der Waals surface area contributed by atoms with Crippen molar-refractivity contribution < 1.29 is 0 Å². The maximum atomic E-state index is 4.29. The van der Waals surface area contributed by atoms with Gasteiger partial charge >= 0.3 is 0 Å². The van der Waals surface area contributed by atoms with Crippen LogP contribution in [0.5, 0.6) is 0 Å². The van der Waals surface area contributed by atoms with E-state index in [1.54, 1.807) is 11.3 Å². The zero-order chi connectivity index (χ0) is 13.7. The van der Waals surface area contributed by atoms with E-state index in [9.17, 15) is 0 Å². The predicted molar refractivity (Wildman–Crippen MR) is 84.7 cm³/mol. The normalized spacial score (nSPS) is 11.7. The lowest BCUT2D eigenvalue weighted by Gasteiger charge is -2.20. The molecule has 0 spiro atoms. The second kappa shape index (κ2) is 6.55. The lowest BCUT2D eigenvalue weighted by Crippen LogP contribution is -2.35. The Labute approximate surface area is 123 Å². The Morgan fingerprint density at radius 2 is 1.95 bits per heavy atom. The summed E-state index contributed by atoms with van der Waals surface area (Å²) in [5.41, 5.74) is 1.49. The van der Waals surface area contributed by atoms with Gasteiger partial charge in [-0.15, -0.1) is 23.1 Å². The van der Waals surface area contributed by atoms with Crippen LogP contribution in [0.25, 0.3) is 0 Å². The van der Waals surface area contributed by atoms with E-state index >= 15 is 0 Å². The Morgan fingerprint density at radius 1 is 1.21 bits per heavy atom. The lowest BCUT2D eigenvalue weighted by molar-refractivity contribution is 0.424. The van der Waals surface area contributed by atoms with Gasteiger partial charge in [-0.3, -0.25) is 0 Å². The first-order valence-corrected chi connectivity index (χ1v) is 8.25. The van der Waals surface area contributed by atoms with E-state index in [2.05, 4.69) is 55.3 Å². The van der Waals surface area contributed by atoms with Crippen LogP contribution in [0.15, 0.2) is 40.7 Å². The number of thioether (sulfide) groups is 1. The van der Waals surface area contributed by atoms with Gasteiger partial charge in [0.1, 0.15) is 5.01 Å². The molecule has 0 unspecified atom stereocenters. The van der Waals surface area contributed by atoms with E-state index in [0.717, 1.165) is 12.3 Å². The highest BCUT2D eigenvalue weighted by molar-refractivity contribution is 7.98. The molecule has 0 amide bonds. The van der Waals surface area contributed by atoms with Crippen molar-refractivity contribution in [3.63, 3.8) is 0 Å². The molecule has 0 saturated carbocycles. The van der Waals surface area contributed by atoms with Gasteiger partial charge in [-0.05, 0) is 38.5 Å². The molecule has 0 saturated heterocycles. The van der Waals surface area contributed by atoms with E-state index < -0.39 is 0 Å². The summed E-state index contributed by atoms with van der Waals surface area (Å²) in [4.78, 5) is 5.59. The van der Waals surface area contributed by atoms with Crippen LogP contribution in [-0.2, 0) is 12.3 Å². The van der Waals surface area contributed by atoms with E-state index in [1.165, 1.54) is 15.5 Å². The Bertz CT molecular complexity index is 484. The second-order valence-corrected chi connectivity index (χ2v) is 7.49. The minimum Gasteiger partial charge on any atom is -0.308 e. The highest BCUT2D eigenvalue weighted by atomic mass is 32.2. The quantitative estimate of drug-likeness (QED) is 0.831. The van der Waals surface area contributed by atoms with Crippen LogP contribution in [-0.4, -0.2) is 10.5 Å². The molecule has 0 fully saturated rings. The van der Waals surface area contributed by atoms with Crippen LogP contribution in [0, 0.1) is 0 Å². The Morgan fingerprint density at radius 3 is 2.53 bits per heavy atom.